The topological polar surface area (TPSA) is 36.4 Å². The first-order chi connectivity index (χ1) is 9.65. The number of anilines is 1. The molecule has 2 N–H and O–H groups in total. The van der Waals surface area contributed by atoms with E-state index in [0.29, 0.717) is 10.1 Å². The summed E-state index contributed by atoms with van der Waals surface area (Å²) in [6, 6.07) is 15.4. The van der Waals surface area contributed by atoms with Crippen molar-refractivity contribution >= 4 is 40.8 Å². The van der Waals surface area contributed by atoms with Crippen LogP contribution in [-0.4, -0.2) is 11.3 Å². The average molecular weight is 304 g/mol. The molecule has 0 heterocycles. The van der Waals surface area contributed by atoms with Crippen molar-refractivity contribution in [2.75, 3.05) is 5.32 Å². The minimum Gasteiger partial charge on any atom is -0.331 e. The summed E-state index contributed by atoms with van der Waals surface area (Å²) in [5, 5.41) is 8.19. The summed E-state index contributed by atoms with van der Waals surface area (Å²) in [5.74, 6) is 0. The zero-order valence-corrected chi connectivity index (χ0v) is 12.5. The largest absolute Gasteiger partial charge is 0.331 e. The van der Waals surface area contributed by atoms with Crippen LogP contribution in [0.25, 0.3) is 0 Å². The molecule has 20 heavy (non-hydrogen) atoms. The third-order valence-corrected chi connectivity index (χ3v) is 3.09. The number of aryl methyl sites for hydroxylation is 1. The number of nitrogens with zero attached hydrogens (tertiary/aromatic N) is 1. The van der Waals surface area contributed by atoms with Gasteiger partial charge >= 0.3 is 0 Å². The maximum absolute atomic E-state index is 6.02. The monoisotopic (exact) mass is 303 g/mol. The van der Waals surface area contributed by atoms with Crippen LogP contribution in [0, 0.1) is 6.92 Å². The van der Waals surface area contributed by atoms with E-state index in [4.69, 9.17) is 23.8 Å². The Balaban J connectivity index is 1.91. The standard InChI is InChI=1S/C15H14ClN3S/c1-11-5-4-7-13(9-11)18-15(20)19-17-10-12-6-2-3-8-14(12)16/h2-10H,1H3,(H2,18,19,20)/b17-10+. The number of nitrogens with one attached hydrogen (secondary N) is 2. The van der Waals surface area contributed by atoms with Crippen LogP contribution < -0.4 is 10.7 Å². The van der Waals surface area contributed by atoms with Crippen LogP contribution in [0.1, 0.15) is 11.1 Å². The quantitative estimate of drug-likeness (QED) is 0.512. The van der Waals surface area contributed by atoms with Gasteiger partial charge in [-0.15, -0.1) is 0 Å². The fourth-order valence-electron chi connectivity index (χ4n) is 1.62. The zero-order valence-electron chi connectivity index (χ0n) is 10.9. The molecule has 0 unspecified atom stereocenters. The molecule has 2 aromatic carbocycles. The summed E-state index contributed by atoms with van der Waals surface area (Å²) in [6.07, 6.45) is 1.63. The Labute approximate surface area is 128 Å². The van der Waals surface area contributed by atoms with Crippen LogP contribution in [0.15, 0.2) is 53.6 Å². The average Bonchev–Trinajstić information content (AvgIpc) is 2.41. The summed E-state index contributed by atoms with van der Waals surface area (Å²) in [6.45, 7) is 2.03. The normalized spacial score (nSPS) is 10.5. The van der Waals surface area contributed by atoms with E-state index in [1.807, 2.05) is 55.5 Å². The van der Waals surface area contributed by atoms with E-state index in [0.717, 1.165) is 16.8 Å². The van der Waals surface area contributed by atoms with E-state index < -0.39 is 0 Å². The summed E-state index contributed by atoms with van der Waals surface area (Å²) < 4.78 is 0. The van der Waals surface area contributed by atoms with Crippen molar-refractivity contribution in [3.8, 4) is 0 Å². The molecule has 0 aliphatic rings. The van der Waals surface area contributed by atoms with Crippen LogP contribution in [0.5, 0.6) is 0 Å². The minimum absolute atomic E-state index is 0.430. The molecular formula is C15H14ClN3S. The Hall–Kier alpha value is -1.91. The Kier molecular flexibility index (Phi) is 5.09. The van der Waals surface area contributed by atoms with Crippen molar-refractivity contribution in [1.82, 2.24) is 5.43 Å². The molecular weight excluding hydrogens is 290 g/mol. The number of halogens is 1. The van der Waals surface area contributed by atoms with Crippen molar-refractivity contribution in [3.05, 3.63) is 64.7 Å². The van der Waals surface area contributed by atoms with E-state index >= 15 is 0 Å². The van der Waals surface area contributed by atoms with Crippen molar-refractivity contribution in [2.24, 2.45) is 5.10 Å². The van der Waals surface area contributed by atoms with Crippen LogP contribution in [0.3, 0.4) is 0 Å². The smallest absolute Gasteiger partial charge is 0.191 e. The third-order valence-electron chi connectivity index (χ3n) is 2.55. The maximum atomic E-state index is 6.02. The number of benzene rings is 2. The van der Waals surface area contributed by atoms with Gasteiger partial charge in [0.15, 0.2) is 5.11 Å². The Morgan fingerprint density at radius 1 is 1.20 bits per heavy atom. The lowest BCUT2D eigenvalue weighted by molar-refractivity contribution is 1.05. The van der Waals surface area contributed by atoms with Crippen LogP contribution in [-0.2, 0) is 0 Å². The molecule has 0 spiro atoms. The van der Waals surface area contributed by atoms with Crippen molar-refractivity contribution in [1.29, 1.82) is 0 Å². The van der Waals surface area contributed by atoms with Gasteiger partial charge in [-0.3, -0.25) is 5.43 Å². The number of thiocarbonyl (C=S) groups is 1. The second-order valence-electron chi connectivity index (χ2n) is 4.22. The molecule has 2 rings (SSSR count). The van der Waals surface area contributed by atoms with Gasteiger partial charge in [-0.25, -0.2) is 0 Å². The highest BCUT2D eigenvalue weighted by atomic mass is 35.5. The first-order valence-electron chi connectivity index (χ1n) is 6.06. The van der Waals surface area contributed by atoms with Crippen LogP contribution >= 0.6 is 23.8 Å². The highest BCUT2D eigenvalue weighted by Crippen LogP contribution is 2.12. The molecule has 0 aliphatic heterocycles. The minimum atomic E-state index is 0.430. The highest BCUT2D eigenvalue weighted by Gasteiger charge is 1.97. The van der Waals surface area contributed by atoms with Gasteiger partial charge in [-0.2, -0.15) is 5.10 Å². The molecule has 0 saturated carbocycles. The second-order valence-corrected chi connectivity index (χ2v) is 5.03. The molecule has 0 atom stereocenters. The first-order valence-corrected chi connectivity index (χ1v) is 6.85. The lowest BCUT2D eigenvalue weighted by Crippen LogP contribution is -2.23. The number of rotatable bonds is 3. The Morgan fingerprint density at radius 3 is 2.75 bits per heavy atom. The lowest BCUT2D eigenvalue weighted by atomic mass is 10.2. The van der Waals surface area contributed by atoms with E-state index in [-0.39, 0.29) is 0 Å². The predicted octanol–water partition coefficient (Wildman–Crippen LogP) is 3.97. The van der Waals surface area contributed by atoms with Crippen molar-refractivity contribution < 1.29 is 0 Å². The molecule has 3 nitrogen and oxygen atoms in total. The van der Waals surface area contributed by atoms with Gasteiger partial charge < -0.3 is 5.32 Å². The summed E-state index contributed by atoms with van der Waals surface area (Å²) >= 11 is 11.2. The Bertz CT molecular complexity index is 641. The van der Waals surface area contributed by atoms with Gasteiger partial charge in [-0.1, -0.05) is 41.9 Å². The molecule has 102 valence electrons. The van der Waals surface area contributed by atoms with Gasteiger partial charge in [0, 0.05) is 16.3 Å². The van der Waals surface area contributed by atoms with E-state index in [9.17, 15) is 0 Å². The Morgan fingerprint density at radius 2 is 2.00 bits per heavy atom. The number of hydrogen-bond donors (Lipinski definition) is 2. The molecule has 0 fully saturated rings. The van der Waals surface area contributed by atoms with E-state index in [1.54, 1.807) is 6.21 Å². The maximum Gasteiger partial charge on any atom is 0.191 e. The van der Waals surface area contributed by atoms with Crippen LogP contribution in [0.4, 0.5) is 5.69 Å². The molecule has 2 aromatic rings. The number of hydrazone groups is 1. The van der Waals surface area contributed by atoms with Gasteiger partial charge in [0.25, 0.3) is 0 Å². The van der Waals surface area contributed by atoms with E-state index in [1.165, 1.54) is 0 Å². The highest BCUT2D eigenvalue weighted by molar-refractivity contribution is 7.80. The predicted molar refractivity (Wildman–Crippen MR) is 89.6 cm³/mol. The molecule has 0 saturated heterocycles. The molecule has 0 bridgehead atoms. The summed E-state index contributed by atoms with van der Waals surface area (Å²) in [5.41, 5.74) is 5.68. The van der Waals surface area contributed by atoms with E-state index in [2.05, 4.69) is 15.8 Å². The number of hydrogen-bond acceptors (Lipinski definition) is 2. The van der Waals surface area contributed by atoms with Gasteiger partial charge in [0.2, 0.25) is 0 Å². The van der Waals surface area contributed by atoms with Crippen LogP contribution in [0.2, 0.25) is 5.02 Å². The molecule has 0 aliphatic carbocycles. The van der Waals surface area contributed by atoms with Gasteiger partial charge in [0.1, 0.15) is 0 Å². The molecule has 5 heteroatoms. The molecule has 0 radical (unpaired) electrons. The molecule has 0 amide bonds. The third kappa shape index (κ3) is 4.33. The summed E-state index contributed by atoms with van der Waals surface area (Å²) in [7, 11) is 0. The molecule has 0 aromatic heterocycles. The van der Waals surface area contributed by atoms with Crippen molar-refractivity contribution in [3.63, 3.8) is 0 Å². The zero-order chi connectivity index (χ0) is 14.4. The van der Waals surface area contributed by atoms with Gasteiger partial charge in [0.05, 0.1) is 6.21 Å². The fraction of sp³-hybridized carbons (Fsp3) is 0.0667. The SMILES string of the molecule is Cc1cccc(NC(=S)N/N=C/c2ccccc2Cl)c1. The lowest BCUT2D eigenvalue weighted by Gasteiger charge is -2.07. The first kappa shape index (κ1) is 14.5. The summed E-state index contributed by atoms with van der Waals surface area (Å²) in [4.78, 5) is 0. The van der Waals surface area contributed by atoms with Crippen molar-refractivity contribution in [2.45, 2.75) is 6.92 Å². The fourth-order valence-corrected chi connectivity index (χ4v) is 1.98. The second kappa shape index (κ2) is 7.03. The van der Waals surface area contributed by atoms with Gasteiger partial charge in [-0.05, 0) is 42.9 Å².